The normalized spacial score (nSPS) is 10.1. The number of unbranched alkanes of at least 4 members (excludes halogenated alkanes) is 1. The van der Waals surface area contributed by atoms with Gasteiger partial charge in [-0.15, -0.1) is 0 Å². The first kappa shape index (κ1) is 13.9. The number of carbonyl (C=O) groups is 2. The topological polar surface area (TPSA) is 37.4 Å². The Hall–Kier alpha value is -1.16. The molecule has 0 radical (unpaired) electrons. The second-order valence-electron chi connectivity index (χ2n) is 3.92. The Morgan fingerprint density at radius 3 is 2.35 bits per heavy atom. The van der Waals surface area contributed by atoms with Crippen molar-refractivity contribution in [3.05, 3.63) is 34.3 Å². The van der Waals surface area contributed by atoms with Gasteiger partial charge in [-0.2, -0.15) is 0 Å². The second kappa shape index (κ2) is 6.55. The lowest BCUT2D eigenvalue weighted by Crippen LogP contribution is -2.34. The molecule has 0 aliphatic rings. The zero-order valence-corrected chi connectivity index (χ0v) is 11.7. The molecule has 0 aromatic heterocycles. The largest absolute Gasteiger partial charge is 0.339 e. The number of hydrogen-bond acceptors (Lipinski definition) is 2. The molecule has 4 heteroatoms. The third-order valence-corrected chi connectivity index (χ3v) is 3.02. The van der Waals surface area contributed by atoms with E-state index in [4.69, 9.17) is 0 Å². The third kappa shape index (κ3) is 3.97. The smallest absolute Gasteiger partial charge is 0.294 e. The Bertz CT molecular complexity index is 400. The van der Waals surface area contributed by atoms with E-state index >= 15 is 0 Å². The monoisotopic (exact) mass is 297 g/mol. The van der Waals surface area contributed by atoms with E-state index in [9.17, 15) is 9.59 Å². The Morgan fingerprint density at radius 2 is 1.82 bits per heavy atom. The van der Waals surface area contributed by atoms with Crippen LogP contribution >= 0.6 is 15.9 Å². The van der Waals surface area contributed by atoms with E-state index in [0.717, 1.165) is 17.3 Å². The van der Waals surface area contributed by atoms with Crippen LogP contribution in [0, 0.1) is 0 Å². The van der Waals surface area contributed by atoms with E-state index in [1.165, 1.54) is 4.90 Å². The van der Waals surface area contributed by atoms with Gasteiger partial charge in [-0.05, 0) is 30.7 Å². The molecule has 0 saturated heterocycles. The third-order valence-electron chi connectivity index (χ3n) is 2.49. The van der Waals surface area contributed by atoms with Gasteiger partial charge in [-0.1, -0.05) is 29.3 Å². The Kier molecular flexibility index (Phi) is 5.35. The predicted octanol–water partition coefficient (Wildman–Crippen LogP) is 2.89. The molecule has 0 bridgehead atoms. The molecule has 1 aromatic rings. The van der Waals surface area contributed by atoms with Gasteiger partial charge in [-0.3, -0.25) is 9.59 Å². The first-order valence-corrected chi connectivity index (χ1v) is 6.41. The second-order valence-corrected chi connectivity index (χ2v) is 4.83. The number of amides is 1. The van der Waals surface area contributed by atoms with Gasteiger partial charge < -0.3 is 4.90 Å². The first-order chi connectivity index (χ1) is 8.06. The van der Waals surface area contributed by atoms with E-state index in [-0.39, 0.29) is 0 Å². The molecule has 3 nitrogen and oxygen atoms in total. The molecule has 92 valence electrons. The minimum atomic E-state index is -0.448. The van der Waals surface area contributed by atoms with Gasteiger partial charge in [0.25, 0.3) is 5.91 Å². The minimum Gasteiger partial charge on any atom is -0.339 e. The summed E-state index contributed by atoms with van der Waals surface area (Å²) in [5.41, 5.74) is 0.432. The van der Waals surface area contributed by atoms with Gasteiger partial charge in [0.05, 0.1) is 0 Å². The summed E-state index contributed by atoms with van der Waals surface area (Å²) in [6.07, 6.45) is 1.92. The maximum Gasteiger partial charge on any atom is 0.294 e. The summed E-state index contributed by atoms with van der Waals surface area (Å²) in [6.45, 7) is 2.67. The number of carbonyl (C=O) groups excluding carboxylic acids is 2. The highest BCUT2D eigenvalue weighted by Crippen LogP contribution is 2.11. The van der Waals surface area contributed by atoms with Gasteiger partial charge in [0.1, 0.15) is 0 Å². The quantitative estimate of drug-likeness (QED) is 0.619. The molecule has 0 aliphatic heterocycles. The van der Waals surface area contributed by atoms with E-state index in [1.54, 1.807) is 31.3 Å². The van der Waals surface area contributed by atoms with Crippen molar-refractivity contribution in [1.82, 2.24) is 4.90 Å². The highest BCUT2D eigenvalue weighted by molar-refractivity contribution is 9.10. The van der Waals surface area contributed by atoms with E-state index in [2.05, 4.69) is 22.9 Å². The van der Waals surface area contributed by atoms with Crippen LogP contribution in [0.3, 0.4) is 0 Å². The molecule has 0 saturated carbocycles. The highest BCUT2D eigenvalue weighted by Gasteiger charge is 2.19. The van der Waals surface area contributed by atoms with Crippen LogP contribution in [-0.4, -0.2) is 30.2 Å². The van der Waals surface area contributed by atoms with Gasteiger partial charge in [0, 0.05) is 23.6 Å². The van der Waals surface area contributed by atoms with Gasteiger partial charge in [-0.25, -0.2) is 0 Å². The molecule has 0 N–H and O–H groups in total. The van der Waals surface area contributed by atoms with Gasteiger partial charge >= 0.3 is 0 Å². The van der Waals surface area contributed by atoms with Crippen molar-refractivity contribution < 1.29 is 9.59 Å². The number of likely N-dealkylation sites (N-methyl/N-ethyl adjacent to an activating group) is 1. The van der Waals surface area contributed by atoms with Crippen LogP contribution in [0.25, 0.3) is 0 Å². The molecular formula is C13H16BrNO2. The summed E-state index contributed by atoms with van der Waals surface area (Å²) < 4.78 is 0.890. The number of nitrogens with zero attached hydrogens (tertiary/aromatic N) is 1. The Morgan fingerprint density at radius 1 is 1.24 bits per heavy atom. The van der Waals surface area contributed by atoms with Crippen molar-refractivity contribution in [2.75, 3.05) is 13.6 Å². The Labute approximate surface area is 110 Å². The van der Waals surface area contributed by atoms with Crippen LogP contribution in [0.15, 0.2) is 28.7 Å². The number of Topliss-reactive ketones (excluding diaryl/α,β-unsaturated/α-hetero) is 1. The van der Waals surface area contributed by atoms with Crippen molar-refractivity contribution in [3.8, 4) is 0 Å². The standard InChI is InChI=1S/C13H16BrNO2/c1-3-4-9-15(2)13(17)12(16)10-5-7-11(14)8-6-10/h5-8H,3-4,9H2,1-2H3. The van der Waals surface area contributed by atoms with Crippen molar-refractivity contribution in [2.24, 2.45) is 0 Å². The fourth-order valence-corrected chi connectivity index (χ4v) is 1.66. The van der Waals surface area contributed by atoms with E-state index in [0.29, 0.717) is 12.1 Å². The number of halogens is 1. The highest BCUT2D eigenvalue weighted by atomic mass is 79.9. The van der Waals surface area contributed by atoms with E-state index < -0.39 is 11.7 Å². The summed E-state index contributed by atoms with van der Waals surface area (Å²) >= 11 is 3.29. The van der Waals surface area contributed by atoms with Crippen molar-refractivity contribution in [2.45, 2.75) is 19.8 Å². The van der Waals surface area contributed by atoms with Crippen LogP contribution in [0.4, 0.5) is 0 Å². The van der Waals surface area contributed by atoms with Crippen LogP contribution in [0.1, 0.15) is 30.1 Å². The fraction of sp³-hybridized carbons (Fsp3) is 0.385. The van der Waals surface area contributed by atoms with Gasteiger partial charge in [0.15, 0.2) is 0 Å². The van der Waals surface area contributed by atoms with Crippen LogP contribution in [-0.2, 0) is 4.79 Å². The summed E-state index contributed by atoms with van der Waals surface area (Å²) in [5, 5.41) is 0. The lowest BCUT2D eigenvalue weighted by molar-refractivity contribution is -0.125. The first-order valence-electron chi connectivity index (χ1n) is 5.61. The molecule has 17 heavy (non-hydrogen) atoms. The molecule has 1 amide bonds. The molecule has 1 aromatic carbocycles. The SMILES string of the molecule is CCCCN(C)C(=O)C(=O)c1ccc(Br)cc1. The summed E-state index contributed by atoms with van der Waals surface area (Å²) in [5.74, 6) is -0.892. The number of ketones is 1. The van der Waals surface area contributed by atoms with Crippen molar-refractivity contribution in [1.29, 1.82) is 0 Å². The molecule has 0 aliphatic carbocycles. The molecule has 0 heterocycles. The van der Waals surface area contributed by atoms with Gasteiger partial charge in [0.2, 0.25) is 5.78 Å². The average Bonchev–Trinajstić information content (AvgIpc) is 2.35. The molecule has 0 spiro atoms. The minimum absolute atomic E-state index is 0.432. The zero-order chi connectivity index (χ0) is 12.8. The maximum absolute atomic E-state index is 11.9. The average molecular weight is 298 g/mol. The molecule has 1 rings (SSSR count). The molecule has 0 fully saturated rings. The summed E-state index contributed by atoms with van der Waals surface area (Å²) in [7, 11) is 1.66. The van der Waals surface area contributed by atoms with Crippen molar-refractivity contribution in [3.63, 3.8) is 0 Å². The van der Waals surface area contributed by atoms with Crippen LogP contribution < -0.4 is 0 Å². The Balaban J connectivity index is 2.69. The fourth-order valence-electron chi connectivity index (χ4n) is 1.39. The number of rotatable bonds is 5. The van der Waals surface area contributed by atoms with Crippen LogP contribution in [0.5, 0.6) is 0 Å². The summed E-state index contributed by atoms with van der Waals surface area (Å²) in [6, 6.07) is 6.81. The predicted molar refractivity (Wildman–Crippen MR) is 71.0 cm³/mol. The van der Waals surface area contributed by atoms with Crippen LogP contribution in [0.2, 0.25) is 0 Å². The van der Waals surface area contributed by atoms with Crippen molar-refractivity contribution >= 4 is 27.6 Å². The number of hydrogen-bond donors (Lipinski definition) is 0. The molecule has 0 atom stereocenters. The lowest BCUT2D eigenvalue weighted by Gasteiger charge is -2.15. The summed E-state index contributed by atoms with van der Waals surface area (Å²) in [4.78, 5) is 25.1. The maximum atomic E-state index is 11.9. The van der Waals surface area contributed by atoms with E-state index in [1.807, 2.05) is 0 Å². The molecule has 0 unspecified atom stereocenters. The molecular weight excluding hydrogens is 282 g/mol. The number of benzene rings is 1. The lowest BCUT2D eigenvalue weighted by atomic mass is 10.1. The zero-order valence-electron chi connectivity index (χ0n) is 10.1.